The number of aromatic nitrogens is 2. The molecule has 0 saturated carbocycles. The first-order valence-corrected chi connectivity index (χ1v) is 7.91. The van der Waals surface area contributed by atoms with Crippen LogP contribution >= 0.6 is 0 Å². The normalized spacial score (nSPS) is 17.5. The Morgan fingerprint density at radius 1 is 1.32 bits per heavy atom. The fourth-order valence-electron chi connectivity index (χ4n) is 2.60. The van der Waals surface area contributed by atoms with Crippen LogP contribution in [0.5, 0.6) is 0 Å². The first-order chi connectivity index (χ1) is 10.4. The minimum atomic E-state index is -0.183. The van der Waals surface area contributed by atoms with E-state index >= 15 is 0 Å². The number of amides is 2. The average Bonchev–Trinajstić information content (AvgIpc) is 2.93. The quantitative estimate of drug-likeness (QED) is 0.853. The molecule has 7 heteroatoms. The predicted molar refractivity (Wildman–Crippen MR) is 88.1 cm³/mol. The van der Waals surface area contributed by atoms with E-state index in [-0.39, 0.29) is 11.6 Å². The monoisotopic (exact) mass is 308 g/mol. The van der Waals surface area contributed by atoms with E-state index in [2.05, 4.69) is 46.4 Å². The lowest BCUT2D eigenvalue weighted by Crippen LogP contribution is -2.58. The van der Waals surface area contributed by atoms with Crippen LogP contribution in [0.1, 0.15) is 20.8 Å². The number of hydrogen-bond acceptors (Lipinski definition) is 4. The maximum atomic E-state index is 12.0. The SMILES string of the molecule is CCn1cc(NC(=O)NCC(C)(C)N2CCN(C)CC2)cn1. The Labute approximate surface area is 132 Å². The van der Waals surface area contributed by atoms with Crippen molar-refractivity contribution in [1.82, 2.24) is 24.9 Å². The predicted octanol–water partition coefficient (Wildman–Crippen LogP) is 1.05. The van der Waals surface area contributed by atoms with Crippen molar-refractivity contribution >= 4 is 11.7 Å². The van der Waals surface area contributed by atoms with Gasteiger partial charge >= 0.3 is 6.03 Å². The van der Waals surface area contributed by atoms with Gasteiger partial charge in [-0.25, -0.2) is 4.79 Å². The fourth-order valence-corrected chi connectivity index (χ4v) is 2.60. The van der Waals surface area contributed by atoms with Crippen molar-refractivity contribution in [2.45, 2.75) is 32.9 Å². The second-order valence-corrected chi connectivity index (χ2v) is 6.50. The van der Waals surface area contributed by atoms with Crippen molar-refractivity contribution in [1.29, 1.82) is 0 Å². The van der Waals surface area contributed by atoms with Gasteiger partial charge in [-0.3, -0.25) is 9.58 Å². The molecule has 0 aliphatic carbocycles. The van der Waals surface area contributed by atoms with Crippen LogP contribution < -0.4 is 10.6 Å². The summed E-state index contributed by atoms with van der Waals surface area (Å²) in [6.45, 7) is 12.0. The molecule has 1 aromatic heterocycles. The number of nitrogens with one attached hydrogen (secondary N) is 2. The molecule has 2 rings (SSSR count). The third kappa shape index (κ3) is 4.45. The highest BCUT2D eigenvalue weighted by Crippen LogP contribution is 2.15. The molecule has 0 bridgehead atoms. The number of rotatable bonds is 5. The van der Waals surface area contributed by atoms with Gasteiger partial charge in [-0.05, 0) is 27.8 Å². The Morgan fingerprint density at radius 2 is 2.00 bits per heavy atom. The molecular weight excluding hydrogens is 280 g/mol. The molecule has 0 spiro atoms. The summed E-state index contributed by atoms with van der Waals surface area (Å²) in [5.41, 5.74) is 0.670. The van der Waals surface area contributed by atoms with Gasteiger partial charge < -0.3 is 15.5 Å². The third-order valence-electron chi connectivity index (χ3n) is 4.26. The lowest BCUT2D eigenvalue weighted by Gasteiger charge is -2.43. The Kier molecular flexibility index (Phi) is 5.42. The summed E-state index contributed by atoms with van der Waals surface area (Å²) < 4.78 is 1.78. The van der Waals surface area contributed by atoms with Crippen LogP contribution in [0.15, 0.2) is 12.4 Å². The zero-order valence-electron chi connectivity index (χ0n) is 14.1. The van der Waals surface area contributed by atoms with Gasteiger partial charge in [0.1, 0.15) is 0 Å². The first kappa shape index (κ1) is 16.8. The van der Waals surface area contributed by atoms with E-state index in [9.17, 15) is 4.79 Å². The van der Waals surface area contributed by atoms with Crippen molar-refractivity contribution < 1.29 is 4.79 Å². The summed E-state index contributed by atoms with van der Waals surface area (Å²) in [5.74, 6) is 0. The van der Waals surface area contributed by atoms with Gasteiger partial charge in [0.15, 0.2) is 0 Å². The van der Waals surface area contributed by atoms with Crippen molar-refractivity contribution in [3.05, 3.63) is 12.4 Å². The molecule has 1 aromatic rings. The molecular formula is C15H28N6O. The first-order valence-electron chi connectivity index (χ1n) is 7.91. The number of nitrogens with zero attached hydrogens (tertiary/aromatic N) is 4. The molecule has 0 aromatic carbocycles. The molecule has 0 unspecified atom stereocenters. The van der Waals surface area contributed by atoms with Gasteiger partial charge in [0, 0.05) is 51.0 Å². The molecule has 1 fully saturated rings. The topological polar surface area (TPSA) is 65.4 Å². The minimum Gasteiger partial charge on any atom is -0.336 e. The van der Waals surface area contributed by atoms with Gasteiger partial charge in [0.2, 0.25) is 0 Å². The van der Waals surface area contributed by atoms with E-state index in [4.69, 9.17) is 0 Å². The van der Waals surface area contributed by atoms with Crippen LogP contribution in [0.3, 0.4) is 0 Å². The highest BCUT2D eigenvalue weighted by molar-refractivity contribution is 5.88. The molecule has 1 aliphatic rings. The van der Waals surface area contributed by atoms with Crippen LogP contribution in [0.25, 0.3) is 0 Å². The van der Waals surface area contributed by atoms with Crippen molar-refractivity contribution in [3.63, 3.8) is 0 Å². The number of anilines is 1. The average molecular weight is 308 g/mol. The van der Waals surface area contributed by atoms with E-state index in [1.807, 2.05) is 13.1 Å². The summed E-state index contributed by atoms with van der Waals surface area (Å²) in [6.07, 6.45) is 3.49. The van der Waals surface area contributed by atoms with E-state index < -0.39 is 0 Å². The van der Waals surface area contributed by atoms with Crippen LogP contribution in [0.2, 0.25) is 0 Å². The number of carbonyl (C=O) groups is 1. The van der Waals surface area contributed by atoms with Gasteiger partial charge in [-0.15, -0.1) is 0 Å². The second kappa shape index (κ2) is 7.11. The van der Waals surface area contributed by atoms with Crippen LogP contribution in [-0.2, 0) is 6.54 Å². The molecule has 1 saturated heterocycles. The number of piperazine rings is 1. The zero-order valence-corrected chi connectivity index (χ0v) is 14.1. The summed E-state index contributed by atoms with van der Waals surface area (Å²) in [7, 11) is 2.15. The number of likely N-dealkylation sites (N-methyl/N-ethyl adjacent to an activating group) is 1. The van der Waals surface area contributed by atoms with Gasteiger partial charge in [0.05, 0.1) is 11.9 Å². The number of hydrogen-bond donors (Lipinski definition) is 2. The maximum absolute atomic E-state index is 12.0. The zero-order chi connectivity index (χ0) is 16.2. The Morgan fingerprint density at radius 3 is 2.59 bits per heavy atom. The van der Waals surface area contributed by atoms with Crippen LogP contribution in [0.4, 0.5) is 10.5 Å². The minimum absolute atomic E-state index is 0.0494. The largest absolute Gasteiger partial charge is 0.336 e. The highest BCUT2D eigenvalue weighted by atomic mass is 16.2. The lowest BCUT2D eigenvalue weighted by atomic mass is 10.0. The van der Waals surface area contributed by atoms with Gasteiger partial charge in [0.25, 0.3) is 0 Å². The lowest BCUT2D eigenvalue weighted by molar-refractivity contribution is 0.0636. The molecule has 0 atom stereocenters. The summed E-state index contributed by atoms with van der Waals surface area (Å²) >= 11 is 0. The van der Waals surface area contributed by atoms with Gasteiger partial charge in [-0.1, -0.05) is 0 Å². The Bertz CT molecular complexity index is 490. The molecule has 2 amide bonds. The fraction of sp³-hybridized carbons (Fsp3) is 0.733. The molecule has 1 aliphatic heterocycles. The standard InChI is InChI=1S/C15H28N6O/c1-5-21-11-13(10-17-21)18-14(22)16-12-15(2,3)20-8-6-19(4)7-9-20/h10-11H,5-9,12H2,1-4H3,(H2,16,18,22). The Balaban J connectivity index is 1.79. The van der Waals surface area contributed by atoms with E-state index in [0.717, 1.165) is 38.4 Å². The Hall–Kier alpha value is -1.60. The third-order valence-corrected chi connectivity index (χ3v) is 4.26. The van der Waals surface area contributed by atoms with E-state index in [0.29, 0.717) is 6.54 Å². The molecule has 2 N–H and O–H groups in total. The molecule has 7 nitrogen and oxygen atoms in total. The van der Waals surface area contributed by atoms with Crippen molar-refractivity contribution in [3.8, 4) is 0 Å². The van der Waals surface area contributed by atoms with Crippen LogP contribution in [-0.4, -0.2) is 70.9 Å². The van der Waals surface area contributed by atoms with Crippen LogP contribution in [0, 0.1) is 0 Å². The van der Waals surface area contributed by atoms with Crippen molar-refractivity contribution in [2.75, 3.05) is 45.1 Å². The molecule has 22 heavy (non-hydrogen) atoms. The molecule has 2 heterocycles. The highest BCUT2D eigenvalue weighted by Gasteiger charge is 2.29. The van der Waals surface area contributed by atoms with E-state index in [1.165, 1.54) is 0 Å². The summed E-state index contributed by atoms with van der Waals surface area (Å²) in [4.78, 5) is 16.8. The second-order valence-electron chi connectivity index (χ2n) is 6.50. The summed E-state index contributed by atoms with van der Waals surface area (Å²) in [6, 6.07) is -0.183. The molecule has 0 radical (unpaired) electrons. The summed E-state index contributed by atoms with van der Waals surface area (Å²) in [5, 5.41) is 9.92. The van der Waals surface area contributed by atoms with Crippen molar-refractivity contribution in [2.24, 2.45) is 0 Å². The molecule has 124 valence electrons. The number of urea groups is 1. The maximum Gasteiger partial charge on any atom is 0.319 e. The number of carbonyl (C=O) groups excluding carboxylic acids is 1. The smallest absolute Gasteiger partial charge is 0.319 e. The van der Waals surface area contributed by atoms with Gasteiger partial charge in [-0.2, -0.15) is 5.10 Å². The number of aryl methyl sites for hydroxylation is 1. The van der Waals surface area contributed by atoms with E-state index in [1.54, 1.807) is 10.9 Å².